The Morgan fingerprint density at radius 1 is 1.15 bits per heavy atom. The summed E-state index contributed by atoms with van der Waals surface area (Å²) in [5.74, 6) is 1.47. The summed E-state index contributed by atoms with van der Waals surface area (Å²) in [7, 11) is 0. The van der Waals surface area contributed by atoms with Crippen LogP contribution in [0.4, 0.5) is 4.39 Å². The fourth-order valence-corrected chi connectivity index (χ4v) is 3.64. The quantitative estimate of drug-likeness (QED) is 0.175. The Labute approximate surface area is 213 Å². The Hall–Kier alpha value is -1.69. The van der Waals surface area contributed by atoms with Gasteiger partial charge >= 0.3 is 0 Å². The molecule has 1 aliphatic rings. The molecule has 1 aliphatic heterocycles. The van der Waals surface area contributed by atoms with Gasteiger partial charge in [0.25, 0.3) is 0 Å². The first-order valence-corrected chi connectivity index (χ1v) is 11.5. The smallest absolute Gasteiger partial charge is 0.191 e. The van der Waals surface area contributed by atoms with Crippen LogP contribution in [0.15, 0.2) is 52.1 Å². The van der Waals surface area contributed by atoms with E-state index in [1.165, 1.54) is 12.1 Å². The predicted molar refractivity (Wildman–Crippen MR) is 139 cm³/mol. The van der Waals surface area contributed by atoms with Gasteiger partial charge in [-0.2, -0.15) is 0 Å². The lowest BCUT2D eigenvalue weighted by Crippen LogP contribution is -2.42. The van der Waals surface area contributed by atoms with Crippen LogP contribution in [-0.2, 0) is 15.9 Å². The first kappa shape index (κ1) is 27.6. The van der Waals surface area contributed by atoms with E-state index in [4.69, 9.17) is 18.9 Å². The molecule has 3 rings (SSSR count). The molecular weight excluding hydrogens is 538 g/mol. The first-order chi connectivity index (χ1) is 15.8. The molecule has 7 nitrogen and oxygen atoms in total. The van der Waals surface area contributed by atoms with Crippen LogP contribution in [0.2, 0.25) is 0 Å². The number of nitrogens with one attached hydrogen (secondary N) is 2. The molecule has 184 valence electrons. The molecule has 1 saturated heterocycles. The van der Waals surface area contributed by atoms with Crippen LogP contribution in [0.5, 0.6) is 0 Å². The highest BCUT2D eigenvalue weighted by atomic mass is 127. The van der Waals surface area contributed by atoms with Crippen LogP contribution < -0.4 is 10.6 Å². The number of furan rings is 1. The van der Waals surface area contributed by atoms with Gasteiger partial charge in [0.05, 0.1) is 32.1 Å². The number of nitrogens with zero attached hydrogens (tertiary/aromatic N) is 2. The molecule has 1 fully saturated rings. The van der Waals surface area contributed by atoms with Gasteiger partial charge in [0.1, 0.15) is 11.6 Å². The molecule has 1 aromatic heterocycles. The summed E-state index contributed by atoms with van der Waals surface area (Å²) >= 11 is 0. The molecule has 0 saturated carbocycles. The second kappa shape index (κ2) is 16.0. The lowest BCUT2D eigenvalue weighted by atomic mass is 10.0. The Balaban J connectivity index is 0.00000385. The summed E-state index contributed by atoms with van der Waals surface area (Å²) in [5.41, 5.74) is 1.06. The van der Waals surface area contributed by atoms with E-state index >= 15 is 0 Å². The Morgan fingerprint density at radius 2 is 1.91 bits per heavy atom. The van der Waals surface area contributed by atoms with Crippen molar-refractivity contribution in [2.75, 3.05) is 59.2 Å². The molecule has 9 heteroatoms. The van der Waals surface area contributed by atoms with E-state index in [2.05, 4.69) is 15.5 Å². The van der Waals surface area contributed by atoms with Gasteiger partial charge in [-0.15, -0.1) is 24.0 Å². The molecule has 0 bridgehead atoms. The third-order valence-electron chi connectivity index (χ3n) is 5.37. The van der Waals surface area contributed by atoms with Crippen LogP contribution >= 0.6 is 24.0 Å². The molecule has 1 unspecified atom stereocenters. The average molecular weight is 574 g/mol. The average Bonchev–Trinajstić information content (AvgIpc) is 3.34. The molecule has 2 heterocycles. The minimum atomic E-state index is -0.228. The van der Waals surface area contributed by atoms with Gasteiger partial charge in [0.15, 0.2) is 5.96 Å². The number of benzene rings is 1. The Bertz CT molecular complexity index is 784. The van der Waals surface area contributed by atoms with Crippen LogP contribution in [0.1, 0.15) is 30.7 Å². The standard InChI is InChI=1S/C24H35FN4O3.HI/c1-2-30-15-4-11-26-24(27-12-10-22-5-3-16-32-22)28-19-23(29-13-17-31-18-14-29)20-6-8-21(25)9-7-20;/h3,5-9,16,23H,2,4,10-15,17-19H2,1H3,(H2,26,27,28);1H. The van der Waals surface area contributed by atoms with Crippen molar-refractivity contribution in [1.82, 2.24) is 15.5 Å². The number of hydrogen-bond donors (Lipinski definition) is 2. The van der Waals surface area contributed by atoms with Crippen molar-refractivity contribution >= 4 is 29.9 Å². The first-order valence-electron chi connectivity index (χ1n) is 11.5. The highest BCUT2D eigenvalue weighted by Crippen LogP contribution is 2.22. The minimum absolute atomic E-state index is 0. The van der Waals surface area contributed by atoms with E-state index in [-0.39, 0.29) is 35.8 Å². The van der Waals surface area contributed by atoms with Gasteiger partial charge in [-0.3, -0.25) is 9.89 Å². The lowest BCUT2D eigenvalue weighted by Gasteiger charge is -2.34. The zero-order chi connectivity index (χ0) is 22.4. The maximum Gasteiger partial charge on any atom is 0.191 e. The largest absolute Gasteiger partial charge is 0.469 e. The number of guanidine groups is 1. The Kier molecular flexibility index (Phi) is 13.4. The lowest BCUT2D eigenvalue weighted by molar-refractivity contribution is 0.0179. The fraction of sp³-hybridized carbons (Fsp3) is 0.542. The van der Waals surface area contributed by atoms with Gasteiger partial charge in [0, 0.05) is 45.8 Å². The zero-order valence-corrected chi connectivity index (χ0v) is 21.6. The van der Waals surface area contributed by atoms with Crippen LogP contribution in [0, 0.1) is 5.82 Å². The maximum atomic E-state index is 13.5. The summed E-state index contributed by atoms with van der Waals surface area (Å²) in [6.45, 7) is 8.55. The number of halogens is 2. The van der Waals surface area contributed by atoms with Gasteiger partial charge in [0.2, 0.25) is 0 Å². The van der Waals surface area contributed by atoms with E-state index in [9.17, 15) is 4.39 Å². The molecule has 33 heavy (non-hydrogen) atoms. The Morgan fingerprint density at radius 3 is 2.61 bits per heavy atom. The molecule has 1 atom stereocenters. The predicted octanol–water partition coefficient (Wildman–Crippen LogP) is 3.61. The summed E-state index contributed by atoms with van der Waals surface area (Å²) in [6, 6.07) is 10.7. The van der Waals surface area contributed by atoms with E-state index in [0.29, 0.717) is 26.3 Å². The zero-order valence-electron chi connectivity index (χ0n) is 19.3. The normalized spacial score (nSPS) is 15.6. The highest BCUT2D eigenvalue weighted by Gasteiger charge is 2.22. The topological polar surface area (TPSA) is 71.3 Å². The molecule has 1 aromatic carbocycles. The monoisotopic (exact) mass is 574 g/mol. The number of rotatable bonds is 12. The molecule has 2 N–H and O–H groups in total. The number of ether oxygens (including phenoxy) is 2. The molecule has 0 amide bonds. The van der Waals surface area contributed by atoms with Crippen molar-refractivity contribution in [1.29, 1.82) is 0 Å². The summed E-state index contributed by atoms with van der Waals surface area (Å²) in [6.07, 6.45) is 3.36. The second-order valence-electron chi connectivity index (χ2n) is 7.64. The van der Waals surface area contributed by atoms with Crippen LogP contribution in [0.25, 0.3) is 0 Å². The van der Waals surface area contributed by atoms with Crippen molar-refractivity contribution in [3.05, 3.63) is 59.8 Å². The van der Waals surface area contributed by atoms with Gasteiger partial charge in [-0.25, -0.2) is 4.39 Å². The van der Waals surface area contributed by atoms with E-state index in [1.54, 1.807) is 6.26 Å². The number of hydrogen-bond acceptors (Lipinski definition) is 5. The van der Waals surface area contributed by atoms with Gasteiger partial charge in [-0.1, -0.05) is 12.1 Å². The molecule has 0 radical (unpaired) electrons. The van der Waals surface area contributed by atoms with Crippen molar-refractivity contribution in [3.63, 3.8) is 0 Å². The van der Waals surface area contributed by atoms with Gasteiger partial charge < -0.3 is 24.5 Å². The second-order valence-corrected chi connectivity index (χ2v) is 7.64. The summed E-state index contributed by atoms with van der Waals surface area (Å²) in [5, 5.41) is 6.81. The van der Waals surface area contributed by atoms with E-state index < -0.39 is 0 Å². The summed E-state index contributed by atoms with van der Waals surface area (Å²) in [4.78, 5) is 7.24. The number of aliphatic imine (C=N–C) groups is 1. The fourth-order valence-electron chi connectivity index (χ4n) is 3.64. The maximum absolute atomic E-state index is 13.5. The van der Waals surface area contributed by atoms with Crippen molar-refractivity contribution in [2.45, 2.75) is 25.8 Å². The van der Waals surface area contributed by atoms with E-state index in [0.717, 1.165) is 63.0 Å². The third-order valence-corrected chi connectivity index (χ3v) is 5.37. The van der Waals surface area contributed by atoms with Gasteiger partial charge in [-0.05, 0) is 43.2 Å². The molecule has 0 spiro atoms. The molecule has 2 aromatic rings. The van der Waals surface area contributed by atoms with Crippen LogP contribution in [0.3, 0.4) is 0 Å². The third kappa shape index (κ3) is 9.99. The van der Waals surface area contributed by atoms with Crippen molar-refractivity contribution < 1.29 is 18.3 Å². The highest BCUT2D eigenvalue weighted by molar-refractivity contribution is 14.0. The summed E-state index contributed by atoms with van der Waals surface area (Å²) < 4.78 is 29.9. The number of morpholine rings is 1. The minimum Gasteiger partial charge on any atom is -0.469 e. The SMILES string of the molecule is CCOCCCNC(=NCC(c1ccc(F)cc1)N1CCOCC1)NCCc1ccco1.I. The molecule has 0 aliphatic carbocycles. The van der Waals surface area contributed by atoms with Crippen molar-refractivity contribution in [2.24, 2.45) is 4.99 Å². The molecular formula is C24H36FIN4O3. The van der Waals surface area contributed by atoms with E-state index in [1.807, 2.05) is 31.2 Å². The van der Waals surface area contributed by atoms with Crippen molar-refractivity contribution in [3.8, 4) is 0 Å². The van der Waals surface area contributed by atoms with Crippen LogP contribution in [-0.4, -0.2) is 70.0 Å².